The van der Waals surface area contributed by atoms with E-state index < -0.39 is 12.0 Å². The molecule has 0 aliphatic carbocycles. The second-order valence-corrected chi connectivity index (χ2v) is 7.77. The highest BCUT2D eigenvalue weighted by molar-refractivity contribution is 5.95. The molecule has 0 bridgehead atoms. The maximum absolute atomic E-state index is 12.9. The van der Waals surface area contributed by atoms with Gasteiger partial charge in [-0.25, -0.2) is 9.59 Å². The molecule has 1 unspecified atom stereocenters. The van der Waals surface area contributed by atoms with Gasteiger partial charge in [0.25, 0.3) is 0 Å². The molecule has 1 fully saturated rings. The number of amides is 2. The molecule has 0 spiro atoms. The number of carbonyl (C=O) groups excluding carboxylic acids is 2. The number of anilines is 1. The van der Waals surface area contributed by atoms with E-state index in [0.717, 1.165) is 24.2 Å². The molecule has 2 aromatic rings. The van der Waals surface area contributed by atoms with Crippen LogP contribution in [0.5, 0.6) is 0 Å². The lowest BCUT2D eigenvalue weighted by molar-refractivity contribution is -0.140. The number of ether oxygens (including phenoxy) is 1. The number of hydrogen-bond donors (Lipinski definition) is 2. The van der Waals surface area contributed by atoms with Crippen molar-refractivity contribution in [2.45, 2.75) is 38.8 Å². The second-order valence-electron chi connectivity index (χ2n) is 7.77. The predicted octanol–water partition coefficient (Wildman–Crippen LogP) is 4.05. The average Bonchev–Trinajstić information content (AvgIpc) is 2.78. The average molecular weight is 405 g/mol. The molecule has 2 heterocycles. The lowest BCUT2D eigenvalue weighted by atomic mass is 9.95. The zero-order valence-corrected chi connectivity index (χ0v) is 17.2. The Morgan fingerprint density at radius 1 is 1.03 bits per heavy atom. The van der Waals surface area contributed by atoms with E-state index in [9.17, 15) is 9.59 Å². The Hall–Kier alpha value is -3.28. The lowest BCUT2D eigenvalue weighted by Crippen LogP contribution is -2.45. The highest BCUT2D eigenvalue weighted by Crippen LogP contribution is 2.30. The molecule has 6 heteroatoms. The largest absolute Gasteiger partial charge is 0.457 e. The monoisotopic (exact) mass is 405 g/mol. The molecule has 4 rings (SSSR count). The molecule has 2 N–H and O–H groups in total. The Balaban J connectivity index is 1.53. The fourth-order valence-corrected chi connectivity index (χ4v) is 4.04. The van der Waals surface area contributed by atoms with Gasteiger partial charge in [0.15, 0.2) is 0 Å². The molecule has 2 aliphatic heterocycles. The minimum atomic E-state index is -0.544. The zero-order valence-electron chi connectivity index (χ0n) is 17.2. The van der Waals surface area contributed by atoms with Crippen LogP contribution in [0.1, 0.15) is 43.4 Å². The van der Waals surface area contributed by atoms with Crippen molar-refractivity contribution in [1.29, 1.82) is 0 Å². The zero-order chi connectivity index (χ0) is 20.9. The van der Waals surface area contributed by atoms with E-state index in [2.05, 4.69) is 27.7 Å². The number of urea groups is 1. The summed E-state index contributed by atoms with van der Waals surface area (Å²) in [5.41, 5.74) is 3.89. The molecular weight excluding hydrogens is 378 g/mol. The molecule has 156 valence electrons. The minimum Gasteiger partial charge on any atom is -0.457 e. The van der Waals surface area contributed by atoms with Gasteiger partial charge >= 0.3 is 12.0 Å². The van der Waals surface area contributed by atoms with Crippen molar-refractivity contribution in [3.05, 3.63) is 77.0 Å². The van der Waals surface area contributed by atoms with Gasteiger partial charge in [-0.2, -0.15) is 0 Å². The number of hydrogen-bond acceptors (Lipinski definition) is 4. The molecule has 2 aliphatic rings. The summed E-state index contributed by atoms with van der Waals surface area (Å²) in [5.74, 6) is -0.436. The number of rotatable bonds is 5. The maximum atomic E-state index is 12.9. The standard InChI is InChI=1S/C24H27N3O3/c1-17-21(23(28)30-16-18-8-4-2-5-9-18)22(26-24(29)25-17)19-10-12-20(13-11-19)27-14-6-3-7-15-27/h2,4-5,8-13,22H,3,6-7,14-16H2,1H3,(H2,25,26,29). The third-order valence-electron chi connectivity index (χ3n) is 5.65. The van der Waals surface area contributed by atoms with Gasteiger partial charge in [-0.1, -0.05) is 42.5 Å². The number of benzene rings is 2. The molecule has 0 radical (unpaired) electrons. The Bertz CT molecular complexity index is 932. The topological polar surface area (TPSA) is 70.7 Å². The van der Waals surface area contributed by atoms with Crippen LogP contribution in [0.3, 0.4) is 0 Å². The highest BCUT2D eigenvalue weighted by atomic mass is 16.5. The third-order valence-corrected chi connectivity index (χ3v) is 5.65. The number of nitrogens with zero attached hydrogens (tertiary/aromatic N) is 1. The number of piperidine rings is 1. The van der Waals surface area contributed by atoms with Crippen molar-refractivity contribution in [3.8, 4) is 0 Å². The first-order valence-corrected chi connectivity index (χ1v) is 10.5. The predicted molar refractivity (Wildman–Crippen MR) is 116 cm³/mol. The highest BCUT2D eigenvalue weighted by Gasteiger charge is 2.32. The molecule has 2 amide bonds. The van der Waals surface area contributed by atoms with Gasteiger partial charge in [0.2, 0.25) is 0 Å². The van der Waals surface area contributed by atoms with Gasteiger partial charge < -0.3 is 20.3 Å². The Morgan fingerprint density at radius 3 is 2.43 bits per heavy atom. The van der Waals surface area contributed by atoms with Gasteiger partial charge in [-0.15, -0.1) is 0 Å². The first-order valence-electron chi connectivity index (χ1n) is 10.5. The Morgan fingerprint density at radius 2 is 1.73 bits per heavy atom. The molecule has 30 heavy (non-hydrogen) atoms. The fraction of sp³-hybridized carbons (Fsp3) is 0.333. The lowest BCUT2D eigenvalue weighted by Gasteiger charge is -2.30. The molecular formula is C24H27N3O3. The van der Waals surface area contributed by atoms with E-state index in [1.165, 1.54) is 24.9 Å². The first kappa shape index (κ1) is 20.0. The van der Waals surface area contributed by atoms with E-state index in [0.29, 0.717) is 11.3 Å². The number of carbonyl (C=O) groups is 2. The summed E-state index contributed by atoms with van der Waals surface area (Å²) in [7, 11) is 0. The second kappa shape index (κ2) is 9.03. The molecule has 1 atom stereocenters. The first-order chi connectivity index (χ1) is 14.6. The van der Waals surface area contributed by atoms with E-state index in [1.807, 2.05) is 42.5 Å². The van der Waals surface area contributed by atoms with Crippen molar-refractivity contribution in [1.82, 2.24) is 10.6 Å². The van der Waals surface area contributed by atoms with Crippen LogP contribution in [0.25, 0.3) is 0 Å². The van der Waals surface area contributed by atoms with Crippen molar-refractivity contribution in [3.63, 3.8) is 0 Å². The normalized spacial score (nSPS) is 19.2. The van der Waals surface area contributed by atoms with E-state index in [1.54, 1.807) is 6.92 Å². The summed E-state index contributed by atoms with van der Waals surface area (Å²) >= 11 is 0. The summed E-state index contributed by atoms with van der Waals surface area (Å²) in [5, 5.41) is 5.56. The van der Waals surface area contributed by atoms with Gasteiger partial charge in [-0.05, 0) is 49.4 Å². The molecule has 1 saturated heterocycles. The van der Waals surface area contributed by atoms with Crippen LogP contribution >= 0.6 is 0 Å². The van der Waals surface area contributed by atoms with Crippen LogP contribution in [0.4, 0.5) is 10.5 Å². The van der Waals surface area contributed by atoms with Crippen LogP contribution in [-0.4, -0.2) is 25.1 Å². The van der Waals surface area contributed by atoms with Gasteiger partial charge in [0.1, 0.15) is 6.61 Å². The summed E-state index contributed by atoms with van der Waals surface area (Å²) in [6, 6.07) is 16.8. The van der Waals surface area contributed by atoms with Gasteiger partial charge in [0.05, 0.1) is 11.6 Å². The fourth-order valence-electron chi connectivity index (χ4n) is 4.04. The number of nitrogens with one attached hydrogen (secondary N) is 2. The van der Waals surface area contributed by atoms with Crippen molar-refractivity contribution in [2.75, 3.05) is 18.0 Å². The SMILES string of the molecule is CC1=C(C(=O)OCc2ccccc2)C(c2ccc(N3CCCCC3)cc2)NC(=O)N1. The molecule has 6 nitrogen and oxygen atoms in total. The van der Waals surface area contributed by atoms with Crippen LogP contribution in [0.2, 0.25) is 0 Å². The Labute approximate surface area is 176 Å². The van der Waals surface area contributed by atoms with Crippen molar-refractivity contribution >= 4 is 17.7 Å². The van der Waals surface area contributed by atoms with Crippen LogP contribution < -0.4 is 15.5 Å². The van der Waals surface area contributed by atoms with E-state index in [-0.39, 0.29) is 12.6 Å². The number of allylic oxidation sites excluding steroid dienone is 1. The Kier molecular flexibility index (Phi) is 6.02. The summed E-state index contributed by atoms with van der Waals surface area (Å²) < 4.78 is 5.55. The smallest absolute Gasteiger partial charge is 0.338 e. The van der Waals surface area contributed by atoms with E-state index in [4.69, 9.17) is 4.74 Å². The minimum absolute atomic E-state index is 0.186. The molecule has 2 aromatic carbocycles. The molecule has 0 aromatic heterocycles. The summed E-state index contributed by atoms with van der Waals surface area (Å²) in [6.07, 6.45) is 3.71. The third kappa shape index (κ3) is 4.48. The van der Waals surface area contributed by atoms with Crippen LogP contribution in [-0.2, 0) is 16.1 Å². The van der Waals surface area contributed by atoms with Crippen molar-refractivity contribution < 1.29 is 14.3 Å². The van der Waals surface area contributed by atoms with Gasteiger partial charge in [0, 0.05) is 24.5 Å². The van der Waals surface area contributed by atoms with E-state index >= 15 is 0 Å². The van der Waals surface area contributed by atoms with Gasteiger partial charge in [-0.3, -0.25) is 0 Å². The summed E-state index contributed by atoms with van der Waals surface area (Å²) in [4.78, 5) is 27.4. The van der Waals surface area contributed by atoms with Crippen molar-refractivity contribution in [2.24, 2.45) is 0 Å². The summed E-state index contributed by atoms with van der Waals surface area (Å²) in [6.45, 7) is 4.05. The quantitative estimate of drug-likeness (QED) is 0.737. The van der Waals surface area contributed by atoms with Crippen LogP contribution in [0, 0.1) is 0 Å². The maximum Gasteiger partial charge on any atom is 0.338 e. The molecule has 0 saturated carbocycles. The van der Waals surface area contributed by atoms with Crippen LogP contribution in [0.15, 0.2) is 65.9 Å². The number of esters is 1.